The van der Waals surface area contributed by atoms with E-state index in [1.807, 2.05) is 23.2 Å². The van der Waals surface area contributed by atoms with Crippen LogP contribution in [0.2, 0.25) is 0 Å². The predicted molar refractivity (Wildman–Crippen MR) is 90.0 cm³/mol. The average molecular weight is 327 g/mol. The van der Waals surface area contributed by atoms with Gasteiger partial charge in [0.25, 0.3) is 5.91 Å². The first-order valence-corrected chi connectivity index (χ1v) is 8.01. The number of hydrogen-bond acceptors (Lipinski definition) is 3. The molecule has 0 atom stereocenters. The Balaban J connectivity index is 1.54. The third-order valence-electron chi connectivity index (χ3n) is 4.26. The van der Waals surface area contributed by atoms with Gasteiger partial charge < -0.3 is 19.5 Å². The van der Waals surface area contributed by atoms with Crippen LogP contribution in [0.15, 0.2) is 42.6 Å². The monoisotopic (exact) mass is 327 g/mol. The number of hydrogen-bond donors (Lipinski definition) is 1. The fraction of sp³-hybridized carbons (Fsp3) is 0.333. The number of nitrogens with one attached hydrogen (secondary N) is 1. The number of rotatable bonds is 4. The van der Waals surface area contributed by atoms with Crippen LogP contribution in [-0.2, 0) is 11.2 Å². The van der Waals surface area contributed by atoms with E-state index in [0.29, 0.717) is 38.2 Å². The summed E-state index contributed by atoms with van der Waals surface area (Å²) < 4.78 is 5.11. The highest BCUT2D eigenvalue weighted by Crippen LogP contribution is 2.14. The zero-order valence-electron chi connectivity index (χ0n) is 13.7. The minimum Gasteiger partial charge on any atom is -0.497 e. The normalized spacial score (nSPS) is 14.5. The Morgan fingerprint density at radius 2 is 1.71 bits per heavy atom. The number of methoxy groups -OCH3 is 1. The SMILES string of the molecule is COc1ccc(C(=O)N2CCN(C(=O)Cc3ccc[nH]3)CC2)cc1. The summed E-state index contributed by atoms with van der Waals surface area (Å²) in [4.78, 5) is 31.4. The van der Waals surface area contributed by atoms with Crippen molar-refractivity contribution in [2.45, 2.75) is 6.42 Å². The van der Waals surface area contributed by atoms with Crippen LogP contribution >= 0.6 is 0 Å². The van der Waals surface area contributed by atoms with Gasteiger partial charge in [0.1, 0.15) is 5.75 Å². The highest BCUT2D eigenvalue weighted by atomic mass is 16.5. The van der Waals surface area contributed by atoms with Gasteiger partial charge >= 0.3 is 0 Å². The lowest BCUT2D eigenvalue weighted by atomic mass is 10.1. The average Bonchev–Trinajstić information content (AvgIpc) is 3.14. The Bertz CT molecular complexity index is 687. The molecule has 1 fully saturated rings. The van der Waals surface area contributed by atoms with Crippen molar-refractivity contribution in [3.8, 4) is 5.75 Å². The van der Waals surface area contributed by atoms with E-state index in [1.54, 1.807) is 36.3 Å². The minimum atomic E-state index is -0.00544. The second-order valence-electron chi connectivity index (χ2n) is 5.77. The van der Waals surface area contributed by atoms with E-state index in [4.69, 9.17) is 4.74 Å². The summed E-state index contributed by atoms with van der Waals surface area (Å²) in [7, 11) is 1.60. The maximum absolute atomic E-state index is 12.5. The van der Waals surface area contributed by atoms with Gasteiger partial charge in [-0.15, -0.1) is 0 Å². The molecule has 1 aliphatic rings. The van der Waals surface area contributed by atoms with Crippen molar-refractivity contribution in [3.05, 3.63) is 53.9 Å². The number of aromatic amines is 1. The quantitative estimate of drug-likeness (QED) is 0.926. The number of nitrogens with zero attached hydrogens (tertiary/aromatic N) is 2. The Morgan fingerprint density at radius 3 is 2.29 bits per heavy atom. The molecule has 2 amide bonds. The maximum Gasteiger partial charge on any atom is 0.253 e. The van der Waals surface area contributed by atoms with Crippen molar-refractivity contribution < 1.29 is 14.3 Å². The molecule has 1 aromatic heterocycles. The first kappa shape index (κ1) is 16.1. The Labute approximate surface area is 141 Å². The highest BCUT2D eigenvalue weighted by Gasteiger charge is 2.24. The zero-order valence-corrected chi connectivity index (χ0v) is 13.7. The van der Waals surface area contributed by atoms with Gasteiger partial charge in [0.05, 0.1) is 13.5 Å². The molecule has 1 N–H and O–H groups in total. The van der Waals surface area contributed by atoms with Gasteiger partial charge in [0, 0.05) is 43.6 Å². The van der Waals surface area contributed by atoms with Crippen LogP contribution in [0.1, 0.15) is 16.1 Å². The molecule has 1 aliphatic heterocycles. The smallest absolute Gasteiger partial charge is 0.253 e. The Kier molecular flexibility index (Phi) is 4.84. The number of amides is 2. The van der Waals surface area contributed by atoms with Crippen LogP contribution in [0.4, 0.5) is 0 Å². The Morgan fingerprint density at radius 1 is 1.04 bits per heavy atom. The number of aromatic nitrogens is 1. The molecule has 1 aromatic carbocycles. The second-order valence-corrected chi connectivity index (χ2v) is 5.77. The predicted octanol–water partition coefficient (Wildman–Crippen LogP) is 1.55. The van der Waals surface area contributed by atoms with E-state index < -0.39 is 0 Å². The van der Waals surface area contributed by atoms with Crippen molar-refractivity contribution >= 4 is 11.8 Å². The molecule has 6 nitrogen and oxygen atoms in total. The fourth-order valence-corrected chi connectivity index (χ4v) is 2.83. The summed E-state index contributed by atoms with van der Waals surface area (Å²) >= 11 is 0. The van der Waals surface area contributed by atoms with E-state index in [1.165, 1.54) is 0 Å². The first-order valence-electron chi connectivity index (χ1n) is 8.01. The van der Waals surface area contributed by atoms with Gasteiger partial charge in [0.15, 0.2) is 0 Å². The summed E-state index contributed by atoms with van der Waals surface area (Å²) in [6, 6.07) is 10.9. The molecule has 3 rings (SSSR count). The first-order chi connectivity index (χ1) is 11.7. The molecule has 0 bridgehead atoms. The minimum absolute atomic E-state index is 0.00544. The molecule has 6 heteroatoms. The topological polar surface area (TPSA) is 65.6 Å². The van der Waals surface area contributed by atoms with Gasteiger partial charge in [-0.05, 0) is 36.4 Å². The molecular weight excluding hydrogens is 306 g/mol. The number of ether oxygens (including phenoxy) is 1. The lowest BCUT2D eigenvalue weighted by molar-refractivity contribution is -0.132. The molecule has 1 saturated heterocycles. The van der Waals surface area contributed by atoms with Crippen LogP contribution in [0.3, 0.4) is 0 Å². The maximum atomic E-state index is 12.5. The van der Waals surface area contributed by atoms with E-state index in [0.717, 1.165) is 11.4 Å². The second kappa shape index (κ2) is 7.21. The van der Waals surface area contributed by atoms with E-state index >= 15 is 0 Å². The third-order valence-corrected chi connectivity index (χ3v) is 4.26. The van der Waals surface area contributed by atoms with Crippen LogP contribution in [0.5, 0.6) is 5.75 Å². The van der Waals surface area contributed by atoms with E-state index in [-0.39, 0.29) is 11.8 Å². The summed E-state index contributed by atoms with van der Waals surface area (Å²) in [6.45, 7) is 2.26. The lowest BCUT2D eigenvalue weighted by Gasteiger charge is -2.34. The van der Waals surface area contributed by atoms with Gasteiger partial charge in [-0.3, -0.25) is 9.59 Å². The van der Waals surface area contributed by atoms with Crippen molar-refractivity contribution in [2.75, 3.05) is 33.3 Å². The summed E-state index contributed by atoms with van der Waals surface area (Å²) in [5, 5.41) is 0. The number of H-pyrrole nitrogens is 1. The molecule has 2 aromatic rings. The van der Waals surface area contributed by atoms with Gasteiger partial charge in [0.2, 0.25) is 5.91 Å². The molecule has 0 aliphatic carbocycles. The Hall–Kier alpha value is -2.76. The van der Waals surface area contributed by atoms with E-state index in [9.17, 15) is 9.59 Å². The molecule has 2 heterocycles. The highest BCUT2D eigenvalue weighted by molar-refractivity contribution is 5.94. The van der Waals surface area contributed by atoms with Crippen molar-refractivity contribution in [2.24, 2.45) is 0 Å². The molecule has 126 valence electrons. The number of carbonyl (C=O) groups excluding carboxylic acids is 2. The lowest BCUT2D eigenvalue weighted by Crippen LogP contribution is -2.51. The van der Waals surface area contributed by atoms with Crippen LogP contribution < -0.4 is 4.74 Å². The molecule has 0 radical (unpaired) electrons. The summed E-state index contributed by atoms with van der Waals surface area (Å²) in [5.74, 6) is 0.814. The fourth-order valence-electron chi connectivity index (χ4n) is 2.83. The number of piperazine rings is 1. The van der Waals surface area contributed by atoms with Gasteiger partial charge in [-0.25, -0.2) is 0 Å². The number of benzene rings is 1. The molecule has 0 unspecified atom stereocenters. The van der Waals surface area contributed by atoms with Crippen molar-refractivity contribution in [1.29, 1.82) is 0 Å². The van der Waals surface area contributed by atoms with Gasteiger partial charge in [-0.2, -0.15) is 0 Å². The number of carbonyl (C=O) groups is 2. The molecule has 24 heavy (non-hydrogen) atoms. The van der Waals surface area contributed by atoms with Crippen LogP contribution in [-0.4, -0.2) is 59.9 Å². The summed E-state index contributed by atoms with van der Waals surface area (Å²) in [6.07, 6.45) is 2.19. The molecule has 0 saturated carbocycles. The standard InChI is InChI=1S/C18H21N3O3/c1-24-16-6-4-14(5-7-16)18(23)21-11-9-20(10-12-21)17(22)13-15-3-2-8-19-15/h2-8,19H,9-13H2,1H3. The largest absolute Gasteiger partial charge is 0.497 e. The molecule has 0 spiro atoms. The van der Waals surface area contributed by atoms with Crippen molar-refractivity contribution in [3.63, 3.8) is 0 Å². The van der Waals surface area contributed by atoms with E-state index in [2.05, 4.69) is 4.98 Å². The third kappa shape index (κ3) is 3.59. The summed E-state index contributed by atoms with van der Waals surface area (Å²) in [5.41, 5.74) is 1.55. The molecular formula is C18H21N3O3. The van der Waals surface area contributed by atoms with Crippen LogP contribution in [0.25, 0.3) is 0 Å². The zero-order chi connectivity index (χ0) is 16.9. The van der Waals surface area contributed by atoms with Gasteiger partial charge in [-0.1, -0.05) is 0 Å². The van der Waals surface area contributed by atoms with Crippen LogP contribution in [0, 0.1) is 0 Å². The van der Waals surface area contributed by atoms with Crippen molar-refractivity contribution in [1.82, 2.24) is 14.8 Å².